The zero-order chi connectivity index (χ0) is 18.6. The summed E-state index contributed by atoms with van der Waals surface area (Å²) in [6.45, 7) is 2.05. The van der Waals surface area contributed by atoms with Crippen molar-refractivity contribution in [1.82, 2.24) is 5.32 Å². The third-order valence-corrected chi connectivity index (χ3v) is 3.69. The van der Waals surface area contributed by atoms with Crippen molar-refractivity contribution in [3.05, 3.63) is 24.3 Å². The summed E-state index contributed by atoms with van der Waals surface area (Å²) in [6.07, 6.45) is -5.08. The van der Waals surface area contributed by atoms with Crippen molar-refractivity contribution < 1.29 is 34.4 Å². The van der Waals surface area contributed by atoms with Crippen LogP contribution in [0.5, 0.6) is 5.75 Å². The monoisotopic (exact) mass is 354 g/mol. The second kappa shape index (κ2) is 8.26. The highest BCUT2D eigenvalue weighted by Gasteiger charge is 2.46. The van der Waals surface area contributed by atoms with Crippen molar-refractivity contribution in [1.29, 1.82) is 0 Å². The number of ether oxygens (including phenoxy) is 2. The maximum atomic E-state index is 11.4. The summed E-state index contributed by atoms with van der Waals surface area (Å²) in [5.41, 5.74) is 0.376. The number of anilines is 1. The van der Waals surface area contributed by atoms with Gasteiger partial charge in [-0.15, -0.1) is 0 Å². The van der Waals surface area contributed by atoms with Crippen molar-refractivity contribution >= 4 is 17.5 Å². The van der Waals surface area contributed by atoms with Crippen LogP contribution < -0.4 is 15.4 Å². The van der Waals surface area contributed by atoms with Gasteiger partial charge in [-0.3, -0.25) is 9.59 Å². The van der Waals surface area contributed by atoms with Gasteiger partial charge in [0.15, 0.2) is 0 Å². The van der Waals surface area contributed by atoms with Crippen molar-refractivity contribution in [2.24, 2.45) is 0 Å². The number of carbonyl (C=O) groups excluding carboxylic acids is 2. The summed E-state index contributed by atoms with van der Waals surface area (Å²) in [4.78, 5) is 22.7. The number of aliphatic hydroxyl groups excluding tert-OH is 3. The first kappa shape index (κ1) is 19.1. The molecule has 1 aromatic carbocycles. The summed E-state index contributed by atoms with van der Waals surface area (Å²) in [7, 11) is 0. The molecule has 0 radical (unpaired) electrons. The standard InChI is InChI=1S/C16H22N2O7/c1-8(20)17-10-5-3-4-6-11(10)24-16-13(18-9(2)21)15(23)14(22)12(7-19)25-16/h3-6,12-16,19,22-23H,7H2,1-2H3,(H,17,20)(H,18,21). The average molecular weight is 354 g/mol. The molecule has 0 saturated carbocycles. The molecule has 5 atom stereocenters. The minimum absolute atomic E-state index is 0.248. The molecule has 1 saturated heterocycles. The van der Waals surface area contributed by atoms with Crippen LogP contribution in [0.4, 0.5) is 5.69 Å². The van der Waals surface area contributed by atoms with Gasteiger partial charge in [-0.25, -0.2) is 0 Å². The summed E-state index contributed by atoms with van der Waals surface area (Å²) < 4.78 is 11.2. The lowest BCUT2D eigenvalue weighted by Crippen LogP contribution is -2.65. The van der Waals surface area contributed by atoms with Crippen LogP contribution in [0, 0.1) is 0 Å². The molecular formula is C16H22N2O7. The van der Waals surface area contributed by atoms with E-state index in [-0.39, 0.29) is 11.7 Å². The first-order valence-corrected chi connectivity index (χ1v) is 7.76. The summed E-state index contributed by atoms with van der Waals surface area (Å²) >= 11 is 0. The molecule has 2 amide bonds. The predicted octanol–water partition coefficient (Wildman–Crippen LogP) is -1.03. The van der Waals surface area contributed by atoms with Crippen LogP contribution in [0.15, 0.2) is 24.3 Å². The Balaban J connectivity index is 2.27. The van der Waals surface area contributed by atoms with Gasteiger partial charge in [0.2, 0.25) is 18.1 Å². The number of amides is 2. The minimum Gasteiger partial charge on any atom is -0.460 e. The second-order valence-electron chi connectivity index (χ2n) is 5.73. The second-order valence-corrected chi connectivity index (χ2v) is 5.73. The van der Waals surface area contributed by atoms with Crippen molar-refractivity contribution in [2.75, 3.05) is 11.9 Å². The number of hydrogen-bond acceptors (Lipinski definition) is 7. The molecular weight excluding hydrogens is 332 g/mol. The van der Waals surface area contributed by atoms with Gasteiger partial charge in [0.25, 0.3) is 0 Å². The van der Waals surface area contributed by atoms with E-state index in [1.54, 1.807) is 24.3 Å². The summed E-state index contributed by atoms with van der Waals surface area (Å²) in [5, 5.41) is 34.6. The third kappa shape index (κ3) is 4.67. The van der Waals surface area contributed by atoms with Gasteiger partial charge in [-0.1, -0.05) is 12.1 Å². The van der Waals surface area contributed by atoms with E-state index in [1.807, 2.05) is 0 Å². The van der Waals surface area contributed by atoms with E-state index >= 15 is 0 Å². The lowest BCUT2D eigenvalue weighted by atomic mass is 9.97. The molecule has 1 heterocycles. The fourth-order valence-corrected chi connectivity index (χ4v) is 2.56. The van der Waals surface area contributed by atoms with E-state index in [0.29, 0.717) is 5.69 Å². The minimum atomic E-state index is -1.41. The molecule has 0 aromatic heterocycles. The number of aliphatic hydroxyl groups is 3. The molecule has 25 heavy (non-hydrogen) atoms. The summed E-state index contributed by atoms with van der Waals surface area (Å²) in [6, 6.07) is 5.49. The Bertz CT molecular complexity index is 624. The molecule has 5 unspecified atom stereocenters. The molecule has 9 nitrogen and oxygen atoms in total. The van der Waals surface area contributed by atoms with Crippen LogP contribution in [0.1, 0.15) is 13.8 Å². The zero-order valence-electron chi connectivity index (χ0n) is 13.9. The maximum Gasteiger partial charge on any atom is 0.223 e. The highest BCUT2D eigenvalue weighted by atomic mass is 16.7. The van der Waals surface area contributed by atoms with Crippen molar-refractivity contribution in [2.45, 2.75) is 44.5 Å². The van der Waals surface area contributed by atoms with Crippen molar-refractivity contribution in [3.63, 3.8) is 0 Å². The van der Waals surface area contributed by atoms with Crippen LogP contribution in [-0.2, 0) is 14.3 Å². The molecule has 0 aliphatic carbocycles. The molecule has 1 aromatic rings. The highest BCUT2D eigenvalue weighted by molar-refractivity contribution is 5.90. The largest absolute Gasteiger partial charge is 0.460 e. The van der Waals surface area contributed by atoms with Crippen LogP contribution in [0.2, 0.25) is 0 Å². The van der Waals surface area contributed by atoms with Crippen LogP contribution in [-0.4, -0.2) is 64.4 Å². The smallest absolute Gasteiger partial charge is 0.223 e. The fraction of sp³-hybridized carbons (Fsp3) is 0.500. The predicted molar refractivity (Wildman–Crippen MR) is 86.7 cm³/mol. The van der Waals surface area contributed by atoms with Crippen molar-refractivity contribution in [3.8, 4) is 5.75 Å². The number of hydrogen-bond donors (Lipinski definition) is 5. The summed E-state index contributed by atoms with van der Waals surface area (Å²) in [5.74, 6) is -0.507. The lowest BCUT2D eigenvalue weighted by Gasteiger charge is -2.42. The molecule has 138 valence electrons. The van der Waals surface area contributed by atoms with Crippen LogP contribution >= 0.6 is 0 Å². The van der Waals surface area contributed by atoms with Gasteiger partial charge in [-0.05, 0) is 12.1 Å². The Morgan fingerprint density at radius 2 is 1.84 bits per heavy atom. The molecule has 1 aliphatic rings. The van der Waals surface area contributed by atoms with Crippen LogP contribution in [0.3, 0.4) is 0 Å². The van der Waals surface area contributed by atoms with E-state index in [4.69, 9.17) is 9.47 Å². The number of carbonyl (C=O) groups is 2. The van der Waals surface area contributed by atoms with E-state index in [1.165, 1.54) is 13.8 Å². The molecule has 0 bridgehead atoms. The first-order valence-electron chi connectivity index (χ1n) is 7.76. The van der Waals surface area contributed by atoms with E-state index < -0.39 is 43.2 Å². The molecule has 9 heteroatoms. The van der Waals surface area contributed by atoms with Crippen LogP contribution in [0.25, 0.3) is 0 Å². The Morgan fingerprint density at radius 1 is 1.16 bits per heavy atom. The molecule has 2 rings (SSSR count). The topological polar surface area (TPSA) is 137 Å². The number of benzene rings is 1. The zero-order valence-corrected chi connectivity index (χ0v) is 13.9. The Hall–Kier alpha value is -2.20. The quantitative estimate of drug-likeness (QED) is 0.456. The normalized spacial score (nSPS) is 28.9. The molecule has 1 aliphatic heterocycles. The average Bonchev–Trinajstić information content (AvgIpc) is 2.55. The van der Waals surface area contributed by atoms with Gasteiger partial charge in [0.1, 0.15) is 30.1 Å². The SMILES string of the molecule is CC(=O)Nc1ccccc1OC1OC(CO)C(O)C(O)C1NC(C)=O. The maximum absolute atomic E-state index is 11.4. The number of nitrogens with one attached hydrogen (secondary N) is 2. The Labute approximate surface area is 144 Å². The highest BCUT2D eigenvalue weighted by Crippen LogP contribution is 2.29. The van der Waals surface area contributed by atoms with E-state index in [0.717, 1.165) is 0 Å². The number of rotatable bonds is 5. The van der Waals surface area contributed by atoms with Gasteiger partial charge in [-0.2, -0.15) is 0 Å². The van der Waals surface area contributed by atoms with Gasteiger partial charge in [0.05, 0.1) is 12.3 Å². The molecule has 0 spiro atoms. The number of para-hydroxylation sites is 2. The molecule has 5 N–H and O–H groups in total. The fourth-order valence-electron chi connectivity index (χ4n) is 2.56. The van der Waals surface area contributed by atoms with Gasteiger partial charge >= 0.3 is 0 Å². The Kier molecular flexibility index (Phi) is 6.32. The third-order valence-electron chi connectivity index (χ3n) is 3.69. The lowest BCUT2D eigenvalue weighted by molar-refractivity contribution is -0.244. The van der Waals surface area contributed by atoms with Gasteiger partial charge in [0, 0.05) is 13.8 Å². The van der Waals surface area contributed by atoms with Gasteiger partial charge < -0.3 is 35.4 Å². The first-order chi connectivity index (χ1) is 11.8. The molecule has 1 fully saturated rings. The Morgan fingerprint density at radius 3 is 2.44 bits per heavy atom. The van der Waals surface area contributed by atoms with E-state index in [2.05, 4.69) is 10.6 Å². The van der Waals surface area contributed by atoms with E-state index in [9.17, 15) is 24.9 Å².